The molecular formula is C17H15ClN2O. The van der Waals surface area contributed by atoms with Crippen LogP contribution in [0.3, 0.4) is 0 Å². The highest BCUT2D eigenvalue weighted by atomic mass is 35.5. The van der Waals surface area contributed by atoms with Crippen LogP contribution >= 0.6 is 11.6 Å². The molecule has 0 amide bonds. The second-order valence-corrected chi connectivity index (χ2v) is 5.97. The van der Waals surface area contributed by atoms with Gasteiger partial charge in [-0.05, 0) is 42.2 Å². The fraction of sp³-hybridized carbons (Fsp3) is 0.235. The third kappa shape index (κ3) is 2.23. The molecule has 1 N–H and O–H groups in total. The molecule has 3 aromatic rings. The van der Waals surface area contributed by atoms with Gasteiger partial charge in [-0.2, -0.15) is 0 Å². The lowest BCUT2D eigenvalue weighted by Crippen LogP contribution is -2.28. The van der Waals surface area contributed by atoms with Gasteiger partial charge in [0, 0.05) is 11.6 Å². The second-order valence-electron chi connectivity index (χ2n) is 5.53. The molecule has 0 aliphatic carbocycles. The lowest BCUT2D eigenvalue weighted by molar-refractivity contribution is 0.395. The van der Waals surface area contributed by atoms with Gasteiger partial charge < -0.3 is 9.73 Å². The maximum Gasteiger partial charge on any atom is 0.213 e. The summed E-state index contributed by atoms with van der Waals surface area (Å²) in [5.41, 5.74) is 5.39. The highest BCUT2D eigenvalue weighted by Gasteiger charge is 2.24. The lowest BCUT2D eigenvalue weighted by atomic mass is 9.96. The summed E-state index contributed by atoms with van der Waals surface area (Å²) in [5, 5.41) is 4.19. The third-order valence-corrected chi connectivity index (χ3v) is 4.25. The number of rotatable bonds is 1. The average Bonchev–Trinajstić information content (AvgIpc) is 2.91. The van der Waals surface area contributed by atoms with E-state index in [-0.39, 0.29) is 6.04 Å². The van der Waals surface area contributed by atoms with Crippen molar-refractivity contribution in [2.45, 2.75) is 25.9 Å². The molecule has 1 unspecified atom stereocenters. The van der Waals surface area contributed by atoms with E-state index in [1.54, 1.807) is 0 Å². The molecule has 0 saturated carbocycles. The number of oxazole rings is 1. The molecule has 0 saturated heterocycles. The fourth-order valence-corrected chi connectivity index (χ4v) is 3.22. The third-order valence-electron chi connectivity index (χ3n) is 4.04. The first-order chi connectivity index (χ1) is 10.2. The topological polar surface area (TPSA) is 38.1 Å². The van der Waals surface area contributed by atoms with Gasteiger partial charge in [0.05, 0.1) is 6.04 Å². The molecule has 2 heterocycles. The zero-order valence-corrected chi connectivity index (χ0v) is 12.4. The Morgan fingerprint density at radius 1 is 1.24 bits per heavy atom. The van der Waals surface area contributed by atoms with Crippen LogP contribution in [0.4, 0.5) is 0 Å². The van der Waals surface area contributed by atoms with E-state index >= 15 is 0 Å². The van der Waals surface area contributed by atoms with Crippen LogP contribution in [0.2, 0.25) is 5.02 Å². The zero-order chi connectivity index (χ0) is 14.4. The number of halogens is 1. The van der Waals surface area contributed by atoms with E-state index in [4.69, 9.17) is 16.0 Å². The lowest BCUT2D eigenvalue weighted by Gasteiger charge is -2.23. The molecule has 1 atom stereocenters. The number of aryl methyl sites for hydroxylation is 1. The fourth-order valence-electron chi connectivity index (χ4n) is 2.95. The molecule has 4 heteroatoms. The molecule has 2 aromatic carbocycles. The molecule has 1 aliphatic rings. The van der Waals surface area contributed by atoms with Crippen molar-refractivity contribution in [2.24, 2.45) is 0 Å². The van der Waals surface area contributed by atoms with E-state index in [0.717, 1.165) is 35.5 Å². The van der Waals surface area contributed by atoms with Crippen molar-refractivity contribution in [2.75, 3.05) is 0 Å². The molecule has 0 radical (unpaired) electrons. The van der Waals surface area contributed by atoms with Gasteiger partial charge in [0.1, 0.15) is 5.52 Å². The summed E-state index contributed by atoms with van der Waals surface area (Å²) in [4.78, 5) is 4.62. The van der Waals surface area contributed by atoms with Gasteiger partial charge in [-0.25, -0.2) is 4.98 Å². The molecule has 0 spiro atoms. The van der Waals surface area contributed by atoms with Gasteiger partial charge in [-0.3, -0.25) is 0 Å². The number of hydrogen-bond donors (Lipinski definition) is 1. The Morgan fingerprint density at radius 2 is 2.05 bits per heavy atom. The zero-order valence-electron chi connectivity index (χ0n) is 11.7. The van der Waals surface area contributed by atoms with E-state index in [1.165, 1.54) is 11.1 Å². The van der Waals surface area contributed by atoms with Crippen molar-refractivity contribution in [3.8, 4) is 0 Å². The summed E-state index contributed by atoms with van der Waals surface area (Å²) in [6.45, 7) is 2.84. The Balaban J connectivity index is 1.73. The molecule has 106 valence electrons. The van der Waals surface area contributed by atoms with Crippen molar-refractivity contribution in [3.05, 3.63) is 64.0 Å². The van der Waals surface area contributed by atoms with Gasteiger partial charge in [0.15, 0.2) is 5.58 Å². The Kier molecular flexibility index (Phi) is 2.98. The van der Waals surface area contributed by atoms with Crippen molar-refractivity contribution >= 4 is 22.7 Å². The number of benzene rings is 2. The summed E-state index contributed by atoms with van der Waals surface area (Å²) in [7, 11) is 0. The largest absolute Gasteiger partial charge is 0.439 e. The van der Waals surface area contributed by atoms with Crippen LogP contribution < -0.4 is 5.32 Å². The number of nitrogens with one attached hydrogen (secondary N) is 1. The van der Waals surface area contributed by atoms with Crippen LogP contribution in [0.1, 0.15) is 28.6 Å². The van der Waals surface area contributed by atoms with E-state index in [2.05, 4.69) is 34.6 Å². The molecule has 21 heavy (non-hydrogen) atoms. The van der Waals surface area contributed by atoms with Crippen molar-refractivity contribution in [3.63, 3.8) is 0 Å². The molecule has 0 fully saturated rings. The van der Waals surface area contributed by atoms with Crippen LogP contribution in [-0.4, -0.2) is 4.98 Å². The van der Waals surface area contributed by atoms with E-state index < -0.39 is 0 Å². The summed E-state index contributed by atoms with van der Waals surface area (Å²) >= 11 is 6.09. The van der Waals surface area contributed by atoms with Crippen molar-refractivity contribution < 1.29 is 4.42 Å². The predicted octanol–water partition coefficient (Wildman–Crippen LogP) is 4.18. The minimum absolute atomic E-state index is 0.116. The van der Waals surface area contributed by atoms with E-state index in [9.17, 15) is 0 Å². The quantitative estimate of drug-likeness (QED) is 0.732. The SMILES string of the molecule is Cc1cc(Cl)cc2nc(C3Cc4ccccc4CN3)oc12. The highest BCUT2D eigenvalue weighted by molar-refractivity contribution is 6.31. The van der Waals surface area contributed by atoms with Crippen LogP contribution in [0, 0.1) is 6.92 Å². The summed E-state index contributed by atoms with van der Waals surface area (Å²) in [5.74, 6) is 0.741. The number of aromatic nitrogens is 1. The molecule has 0 bridgehead atoms. The monoisotopic (exact) mass is 298 g/mol. The highest BCUT2D eigenvalue weighted by Crippen LogP contribution is 2.30. The van der Waals surface area contributed by atoms with Gasteiger partial charge in [-0.15, -0.1) is 0 Å². The molecular weight excluding hydrogens is 284 g/mol. The number of nitrogens with zero attached hydrogens (tertiary/aromatic N) is 1. The molecule has 3 nitrogen and oxygen atoms in total. The summed E-state index contributed by atoms with van der Waals surface area (Å²) < 4.78 is 5.98. The van der Waals surface area contributed by atoms with Crippen LogP contribution in [-0.2, 0) is 13.0 Å². The van der Waals surface area contributed by atoms with Gasteiger partial charge >= 0.3 is 0 Å². The minimum atomic E-state index is 0.116. The summed E-state index contributed by atoms with van der Waals surface area (Å²) in [6, 6.07) is 12.4. The normalized spacial score (nSPS) is 17.9. The maximum atomic E-state index is 6.09. The standard InChI is InChI=1S/C17H15ClN2O/c1-10-6-13(18)8-14-16(10)21-17(20-14)15-7-11-4-2-3-5-12(11)9-19-15/h2-6,8,15,19H,7,9H2,1H3. The number of hydrogen-bond acceptors (Lipinski definition) is 3. The van der Waals surface area contributed by atoms with Gasteiger partial charge in [0.2, 0.25) is 5.89 Å². The van der Waals surface area contributed by atoms with Gasteiger partial charge in [-0.1, -0.05) is 35.9 Å². The Labute approximate surface area is 127 Å². The molecule has 1 aromatic heterocycles. The molecule has 1 aliphatic heterocycles. The van der Waals surface area contributed by atoms with Crippen LogP contribution in [0.25, 0.3) is 11.1 Å². The van der Waals surface area contributed by atoms with E-state index in [1.807, 2.05) is 19.1 Å². The predicted molar refractivity (Wildman–Crippen MR) is 83.5 cm³/mol. The Morgan fingerprint density at radius 3 is 2.90 bits per heavy atom. The first kappa shape index (κ1) is 12.9. The van der Waals surface area contributed by atoms with Crippen molar-refractivity contribution in [1.82, 2.24) is 10.3 Å². The smallest absolute Gasteiger partial charge is 0.213 e. The van der Waals surface area contributed by atoms with Crippen molar-refractivity contribution in [1.29, 1.82) is 0 Å². The first-order valence-corrected chi connectivity index (χ1v) is 7.45. The average molecular weight is 299 g/mol. The van der Waals surface area contributed by atoms with Crippen LogP contribution in [0.15, 0.2) is 40.8 Å². The molecule has 4 rings (SSSR count). The maximum absolute atomic E-state index is 6.09. The van der Waals surface area contributed by atoms with E-state index in [0.29, 0.717) is 5.02 Å². The minimum Gasteiger partial charge on any atom is -0.439 e. The summed E-state index contributed by atoms with van der Waals surface area (Å²) in [6.07, 6.45) is 0.899. The first-order valence-electron chi connectivity index (χ1n) is 7.07. The number of fused-ring (bicyclic) bond motifs is 2. The van der Waals surface area contributed by atoms with Gasteiger partial charge in [0.25, 0.3) is 0 Å². The second kappa shape index (κ2) is 4.86. The Bertz CT molecular complexity index is 825. The Hall–Kier alpha value is -1.84. The van der Waals surface area contributed by atoms with Crippen LogP contribution in [0.5, 0.6) is 0 Å².